The number of fused-ring (bicyclic) bond motifs is 1. The van der Waals surface area contributed by atoms with E-state index < -0.39 is 0 Å². The highest BCUT2D eigenvalue weighted by atomic mass is 32.1. The van der Waals surface area contributed by atoms with E-state index >= 15 is 0 Å². The Balaban J connectivity index is 1.91. The summed E-state index contributed by atoms with van der Waals surface area (Å²) in [7, 11) is 0. The highest BCUT2D eigenvalue weighted by Crippen LogP contribution is 2.30. The van der Waals surface area contributed by atoms with Gasteiger partial charge in [0.1, 0.15) is 10.6 Å². The molecule has 96 valence electrons. The van der Waals surface area contributed by atoms with Crippen LogP contribution in [0.4, 0.5) is 11.8 Å². The summed E-state index contributed by atoms with van der Waals surface area (Å²) in [5, 5.41) is 6.70. The topological polar surface area (TPSA) is 63.8 Å². The maximum atomic E-state index is 5.77. The molecule has 5 heteroatoms. The van der Waals surface area contributed by atoms with Crippen LogP contribution in [0.5, 0.6) is 0 Å². The molecule has 4 nitrogen and oxygen atoms in total. The Kier molecular flexibility index (Phi) is 3.07. The molecule has 0 aliphatic heterocycles. The summed E-state index contributed by atoms with van der Waals surface area (Å²) in [5.41, 5.74) is 5.77. The number of nitrogens with one attached hydrogen (secondary N) is 1. The molecule has 1 fully saturated rings. The van der Waals surface area contributed by atoms with Gasteiger partial charge in [0.2, 0.25) is 5.95 Å². The van der Waals surface area contributed by atoms with Crippen LogP contribution in [0.2, 0.25) is 0 Å². The third kappa shape index (κ3) is 2.14. The summed E-state index contributed by atoms with van der Waals surface area (Å²) < 4.78 is 0. The van der Waals surface area contributed by atoms with Crippen LogP contribution in [0, 0.1) is 5.92 Å². The highest BCUT2D eigenvalue weighted by molar-refractivity contribution is 7.16. The van der Waals surface area contributed by atoms with Crippen LogP contribution in [0.1, 0.15) is 32.6 Å². The van der Waals surface area contributed by atoms with Crippen molar-refractivity contribution in [2.75, 3.05) is 11.1 Å². The Hall–Kier alpha value is -1.36. The van der Waals surface area contributed by atoms with Gasteiger partial charge in [0.25, 0.3) is 0 Å². The van der Waals surface area contributed by atoms with E-state index in [9.17, 15) is 0 Å². The van der Waals surface area contributed by atoms with E-state index in [0.29, 0.717) is 17.9 Å². The Morgan fingerprint density at radius 3 is 3.00 bits per heavy atom. The van der Waals surface area contributed by atoms with E-state index in [1.54, 1.807) is 11.3 Å². The van der Waals surface area contributed by atoms with Crippen molar-refractivity contribution < 1.29 is 0 Å². The van der Waals surface area contributed by atoms with Crippen molar-refractivity contribution in [2.45, 2.75) is 38.6 Å². The van der Waals surface area contributed by atoms with Crippen molar-refractivity contribution in [1.29, 1.82) is 0 Å². The SMILES string of the molecule is CC1CCCCC1Nc1nc(N)nc2sccc12. The van der Waals surface area contributed by atoms with Crippen LogP contribution in [-0.4, -0.2) is 16.0 Å². The van der Waals surface area contributed by atoms with E-state index in [-0.39, 0.29) is 0 Å². The van der Waals surface area contributed by atoms with Crippen molar-refractivity contribution in [3.8, 4) is 0 Å². The van der Waals surface area contributed by atoms with Gasteiger partial charge in [-0.1, -0.05) is 19.8 Å². The fourth-order valence-electron chi connectivity index (χ4n) is 2.69. The van der Waals surface area contributed by atoms with Gasteiger partial charge in [-0.05, 0) is 30.2 Å². The average Bonchev–Trinajstić information content (AvgIpc) is 2.80. The maximum absolute atomic E-state index is 5.77. The highest BCUT2D eigenvalue weighted by Gasteiger charge is 2.22. The van der Waals surface area contributed by atoms with E-state index in [4.69, 9.17) is 5.73 Å². The average molecular weight is 262 g/mol. The van der Waals surface area contributed by atoms with Crippen LogP contribution in [-0.2, 0) is 0 Å². The molecule has 3 rings (SSSR count). The van der Waals surface area contributed by atoms with Crippen molar-refractivity contribution in [1.82, 2.24) is 9.97 Å². The largest absolute Gasteiger partial charge is 0.368 e. The molecule has 18 heavy (non-hydrogen) atoms. The molecule has 2 aromatic rings. The minimum Gasteiger partial charge on any atom is -0.368 e. The fourth-order valence-corrected chi connectivity index (χ4v) is 3.46. The Labute approximate surface area is 111 Å². The van der Waals surface area contributed by atoms with Gasteiger partial charge in [-0.15, -0.1) is 11.3 Å². The van der Waals surface area contributed by atoms with Crippen LogP contribution in [0.25, 0.3) is 10.2 Å². The first-order valence-corrected chi connectivity index (χ1v) is 7.39. The first kappa shape index (κ1) is 11.7. The molecule has 0 saturated heterocycles. The predicted octanol–water partition coefficient (Wildman–Crippen LogP) is 3.26. The molecule has 2 aromatic heterocycles. The van der Waals surface area contributed by atoms with Gasteiger partial charge < -0.3 is 11.1 Å². The van der Waals surface area contributed by atoms with Crippen molar-refractivity contribution >= 4 is 33.3 Å². The summed E-state index contributed by atoms with van der Waals surface area (Å²) in [6, 6.07) is 2.58. The molecule has 1 aliphatic carbocycles. The molecule has 2 heterocycles. The Morgan fingerprint density at radius 2 is 2.17 bits per heavy atom. The molecule has 0 bridgehead atoms. The number of thiophene rings is 1. The lowest BCUT2D eigenvalue weighted by Crippen LogP contribution is -2.30. The number of nitrogen functional groups attached to an aromatic ring is 1. The molecule has 0 spiro atoms. The number of rotatable bonds is 2. The standard InChI is InChI=1S/C13H18N4S/c1-8-4-2-3-5-10(8)15-11-9-6-7-18-12(9)17-13(14)16-11/h6-8,10H,2-5H2,1H3,(H3,14,15,16,17). The van der Waals surface area contributed by atoms with Crippen molar-refractivity contribution in [3.05, 3.63) is 11.4 Å². The molecular weight excluding hydrogens is 244 g/mol. The lowest BCUT2D eigenvalue weighted by molar-refractivity contribution is 0.349. The van der Waals surface area contributed by atoms with E-state index in [0.717, 1.165) is 16.0 Å². The van der Waals surface area contributed by atoms with Gasteiger partial charge in [-0.25, -0.2) is 4.98 Å². The van der Waals surface area contributed by atoms with Crippen LogP contribution in [0.3, 0.4) is 0 Å². The van der Waals surface area contributed by atoms with E-state index in [1.165, 1.54) is 25.7 Å². The number of hydrogen-bond acceptors (Lipinski definition) is 5. The Morgan fingerprint density at radius 1 is 1.33 bits per heavy atom. The molecule has 1 aliphatic rings. The number of anilines is 2. The van der Waals surface area contributed by atoms with Crippen molar-refractivity contribution in [2.24, 2.45) is 5.92 Å². The monoisotopic (exact) mass is 262 g/mol. The second-order valence-corrected chi connectivity index (χ2v) is 5.98. The molecule has 2 atom stereocenters. The normalized spacial score (nSPS) is 24.3. The predicted molar refractivity (Wildman–Crippen MR) is 76.9 cm³/mol. The van der Waals surface area contributed by atoms with Gasteiger partial charge in [-0.2, -0.15) is 4.98 Å². The summed E-state index contributed by atoms with van der Waals surface area (Å²) in [5.74, 6) is 1.96. The molecule has 0 aromatic carbocycles. The van der Waals surface area contributed by atoms with Gasteiger partial charge in [0, 0.05) is 6.04 Å². The molecule has 3 N–H and O–H groups in total. The number of aromatic nitrogens is 2. The summed E-state index contributed by atoms with van der Waals surface area (Å²) in [4.78, 5) is 9.58. The molecular formula is C13H18N4S. The quantitative estimate of drug-likeness (QED) is 0.872. The second kappa shape index (κ2) is 4.72. The van der Waals surface area contributed by atoms with Crippen LogP contribution < -0.4 is 11.1 Å². The van der Waals surface area contributed by atoms with Gasteiger partial charge in [0.05, 0.1) is 5.39 Å². The molecule has 0 radical (unpaired) electrons. The maximum Gasteiger partial charge on any atom is 0.223 e. The number of hydrogen-bond donors (Lipinski definition) is 2. The zero-order chi connectivity index (χ0) is 12.5. The lowest BCUT2D eigenvalue weighted by atomic mass is 9.86. The van der Waals surface area contributed by atoms with E-state index in [1.807, 2.05) is 5.38 Å². The number of nitrogens with zero attached hydrogens (tertiary/aromatic N) is 2. The summed E-state index contributed by atoms with van der Waals surface area (Å²) in [6.07, 6.45) is 5.16. The van der Waals surface area contributed by atoms with E-state index in [2.05, 4.69) is 28.3 Å². The minimum atomic E-state index is 0.357. The lowest BCUT2D eigenvalue weighted by Gasteiger charge is -2.30. The summed E-state index contributed by atoms with van der Waals surface area (Å²) in [6.45, 7) is 2.31. The molecule has 2 unspecified atom stereocenters. The smallest absolute Gasteiger partial charge is 0.223 e. The fraction of sp³-hybridized carbons (Fsp3) is 0.538. The number of nitrogens with two attached hydrogens (primary N) is 1. The first-order valence-electron chi connectivity index (χ1n) is 6.51. The van der Waals surface area contributed by atoms with Crippen molar-refractivity contribution in [3.63, 3.8) is 0 Å². The third-order valence-electron chi connectivity index (χ3n) is 3.78. The zero-order valence-electron chi connectivity index (χ0n) is 10.5. The summed E-state index contributed by atoms with van der Waals surface area (Å²) >= 11 is 1.61. The Bertz CT molecular complexity index is 551. The van der Waals surface area contributed by atoms with Crippen LogP contribution in [0.15, 0.2) is 11.4 Å². The van der Waals surface area contributed by atoms with Gasteiger partial charge >= 0.3 is 0 Å². The van der Waals surface area contributed by atoms with Gasteiger partial charge in [0.15, 0.2) is 0 Å². The first-order chi connectivity index (χ1) is 8.74. The third-order valence-corrected chi connectivity index (χ3v) is 4.58. The zero-order valence-corrected chi connectivity index (χ0v) is 11.3. The van der Waals surface area contributed by atoms with Gasteiger partial charge in [-0.3, -0.25) is 0 Å². The minimum absolute atomic E-state index is 0.357. The second-order valence-electron chi connectivity index (χ2n) is 5.08. The molecule has 1 saturated carbocycles. The van der Waals surface area contributed by atoms with Crippen LogP contribution >= 0.6 is 11.3 Å². The molecule has 0 amide bonds.